The van der Waals surface area contributed by atoms with E-state index < -0.39 is 6.10 Å². The molecule has 0 spiro atoms. The molecular formula is C23H35N2O3+. The smallest absolute Gasteiger partial charge is 0.126 e. The van der Waals surface area contributed by atoms with E-state index in [-0.39, 0.29) is 0 Å². The second kappa shape index (κ2) is 11.7. The Bertz CT molecular complexity index is 711. The molecule has 2 atom stereocenters. The zero-order chi connectivity index (χ0) is 20.4. The van der Waals surface area contributed by atoms with Gasteiger partial charge in [-0.15, -0.1) is 6.58 Å². The van der Waals surface area contributed by atoms with E-state index in [9.17, 15) is 5.11 Å². The Morgan fingerprint density at radius 1 is 1.21 bits per heavy atom. The molecule has 154 valence electrons. The van der Waals surface area contributed by atoms with Crippen molar-refractivity contribution >= 4 is 0 Å². The fourth-order valence-electron chi connectivity index (χ4n) is 3.47. The Hall–Kier alpha value is -2.08. The molecule has 0 saturated carbocycles. The number of hydrogen-bond donors (Lipinski definition) is 2. The largest absolute Gasteiger partial charge is 0.497 e. The minimum absolute atomic E-state index is 0.346. The van der Waals surface area contributed by atoms with Gasteiger partial charge in [0, 0.05) is 18.7 Å². The first-order valence-corrected chi connectivity index (χ1v) is 9.99. The summed E-state index contributed by atoms with van der Waals surface area (Å²) in [5.41, 5.74) is 2.47. The van der Waals surface area contributed by atoms with Crippen molar-refractivity contribution in [1.82, 2.24) is 4.57 Å². The molecule has 0 amide bonds. The van der Waals surface area contributed by atoms with Gasteiger partial charge in [0.05, 0.1) is 32.6 Å². The van der Waals surface area contributed by atoms with Crippen molar-refractivity contribution in [2.24, 2.45) is 5.92 Å². The number of aliphatic hydroxyl groups is 1. The second-order valence-corrected chi connectivity index (χ2v) is 7.69. The molecule has 2 N–H and O–H groups in total. The summed E-state index contributed by atoms with van der Waals surface area (Å²) >= 11 is 0. The van der Waals surface area contributed by atoms with Crippen molar-refractivity contribution in [1.29, 1.82) is 0 Å². The van der Waals surface area contributed by atoms with Crippen molar-refractivity contribution in [3.05, 3.63) is 66.5 Å². The summed E-state index contributed by atoms with van der Waals surface area (Å²) in [6.07, 6.45) is 3.35. The van der Waals surface area contributed by atoms with Gasteiger partial charge in [0.2, 0.25) is 0 Å². The van der Waals surface area contributed by atoms with E-state index in [2.05, 4.69) is 55.5 Å². The van der Waals surface area contributed by atoms with Gasteiger partial charge in [0.15, 0.2) is 0 Å². The van der Waals surface area contributed by atoms with Crippen LogP contribution in [0.15, 0.2) is 55.3 Å². The van der Waals surface area contributed by atoms with E-state index in [0.29, 0.717) is 25.7 Å². The highest BCUT2D eigenvalue weighted by molar-refractivity contribution is 5.29. The second-order valence-electron chi connectivity index (χ2n) is 7.69. The third kappa shape index (κ3) is 7.50. The third-order valence-electron chi connectivity index (χ3n) is 4.61. The number of ether oxygens (including phenoxy) is 2. The standard InChI is InChI=1S/C23H34N2O3/c1-5-12-28-18-22(26)17-24(14-19(2)3)16-21-9-7-11-25(21)15-20-8-6-10-23(13-20)27-4/h5-11,13,19,22,26H,1,12,14-18H2,2-4H3/p+1/t22-/m0/s1. The van der Waals surface area contributed by atoms with Gasteiger partial charge in [-0.3, -0.25) is 0 Å². The van der Waals surface area contributed by atoms with E-state index in [1.54, 1.807) is 13.2 Å². The number of quaternary nitrogens is 1. The van der Waals surface area contributed by atoms with E-state index >= 15 is 0 Å². The van der Waals surface area contributed by atoms with Crippen LogP contribution < -0.4 is 9.64 Å². The summed E-state index contributed by atoms with van der Waals surface area (Å²) in [6.45, 7) is 12.2. The van der Waals surface area contributed by atoms with Gasteiger partial charge in [-0.05, 0) is 29.8 Å². The maximum Gasteiger partial charge on any atom is 0.126 e. The lowest BCUT2D eigenvalue weighted by atomic mass is 10.2. The van der Waals surface area contributed by atoms with Gasteiger partial charge in [-0.25, -0.2) is 0 Å². The molecule has 0 bridgehead atoms. The zero-order valence-corrected chi connectivity index (χ0v) is 17.4. The van der Waals surface area contributed by atoms with Gasteiger partial charge in [-0.2, -0.15) is 0 Å². The van der Waals surface area contributed by atoms with Crippen molar-refractivity contribution in [2.45, 2.75) is 33.0 Å². The topological polar surface area (TPSA) is 48.1 Å². The van der Waals surface area contributed by atoms with Crippen molar-refractivity contribution < 1.29 is 19.5 Å². The van der Waals surface area contributed by atoms with E-state index in [1.807, 2.05) is 12.1 Å². The van der Waals surface area contributed by atoms with Crippen LogP contribution in [-0.4, -0.2) is 49.2 Å². The molecule has 0 aliphatic heterocycles. The Labute approximate surface area is 169 Å². The number of aliphatic hydroxyl groups excluding tert-OH is 1. The minimum Gasteiger partial charge on any atom is -0.497 e. The van der Waals surface area contributed by atoms with Gasteiger partial charge >= 0.3 is 0 Å². The van der Waals surface area contributed by atoms with Crippen molar-refractivity contribution in [3.63, 3.8) is 0 Å². The summed E-state index contributed by atoms with van der Waals surface area (Å²) in [5.74, 6) is 1.43. The summed E-state index contributed by atoms with van der Waals surface area (Å²) in [4.78, 5) is 1.36. The van der Waals surface area contributed by atoms with Gasteiger partial charge < -0.3 is 24.0 Å². The normalized spacial score (nSPS) is 13.5. The average Bonchev–Trinajstić information content (AvgIpc) is 3.08. The lowest BCUT2D eigenvalue weighted by molar-refractivity contribution is -0.920. The summed E-state index contributed by atoms with van der Waals surface area (Å²) in [7, 11) is 1.69. The molecule has 2 aromatic rings. The van der Waals surface area contributed by atoms with Crippen LogP contribution in [0.3, 0.4) is 0 Å². The van der Waals surface area contributed by atoms with Crippen LogP contribution in [0.25, 0.3) is 0 Å². The first-order chi connectivity index (χ1) is 13.5. The van der Waals surface area contributed by atoms with Gasteiger partial charge in [-0.1, -0.05) is 32.1 Å². The molecule has 28 heavy (non-hydrogen) atoms. The number of aromatic nitrogens is 1. The monoisotopic (exact) mass is 387 g/mol. The Morgan fingerprint density at radius 2 is 2.04 bits per heavy atom. The average molecular weight is 388 g/mol. The Balaban J connectivity index is 2.03. The van der Waals surface area contributed by atoms with Crippen LogP contribution in [0.5, 0.6) is 5.75 Å². The quantitative estimate of drug-likeness (QED) is 0.409. The number of benzene rings is 1. The van der Waals surface area contributed by atoms with Crippen molar-refractivity contribution in [2.75, 3.05) is 33.4 Å². The molecule has 1 aromatic heterocycles. The first-order valence-electron chi connectivity index (χ1n) is 9.99. The lowest BCUT2D eigenvalue weighted by Gasteiger charge is -2.24. The zero-order valence-electron chi connectivity index (χ0n) is 17.4. The number of methoxy groups -OCH3 is 1. The van der Waals surface area contributed by atoms with E-state index in [1.165, 1.54) is 16.2 Å². The van der Waals surface area contributed by atoms with Crippen LogP contribution in [0, 0.1) is 5.92 Å². The maximum absolute atomic E-state index is 10.3. The highest BCUT2D eigenvalue weighted by Crippen LogP contribution is 2.14. The Kier molecular flexibility index (Phi) is 9.28. The number of hydrogen-bond acceptors (Lipinski definition) is 3. The third-order valence-corrected chi connectivity index (χ3v) is 4.61. The van der Waals surface area contributed by atoms with Crippen LogP contribution in [0.1, 0.15) is 25.1 Å². The van der Waals surface area contributed by atoms with Crippen LogP contribution in [0.4, 0.5) is 0 Å². The molecule has 1 unspecified atom stereocenters. The van der Waals surface area contributed by atoms with Gasteiger partial charge in [0.1, 0.15) is 24.9 Å². The molecule has 5 heteroatoms. The van der Waals surface area contributed by atoms with E-state index in [0.717, 1.165) is 25.4 Å². The molecule has 1 heterocycles. The molecule has 2 rings (SSSR count). The summed E-state index contributed by atoms with van der Waals surface area (Å²) < 4.78 is 13.0. The number of nitrogens with zero attached hydrogens (tertiary/aromatic N) is 1. The van der Waals surface area contributed by atoms with Crippen LogP contribution in [-0.2, 0) is 17.8 Å². The van der Waals surface area contributed by atoms with Gasteiger partial charge in [0.25, 0.3) is 0 Å². The predicted octanol–water partition coefficient (Wildman–Crippen LogP) is 2.15. The molecule has 0 saturated heterocycles. The molecule has 0 fully saturated rings. The molecule has 0 radical (unpaired) electrons. The first kappa shape index (κ1) is 22.2. The SMILES string of the molecule is C=CCOC[C@@H](O)C[NH+](Cc1cccn1Cc1cccc(OC)c1)CC(C)C. The maximum atomic E-state index is 10.3. The molecule has 0 aliphatic rings. The Morgan fingerprint density at radius 3 is 2.75 bits per heavy atom. The number of rotatable bonds is 13. The summed E-state index contributed by atoms with van der Waals surface area (Å²) in [5, 5.41) is 10.3. The molecule has 5 nitrogen and oxygen atoms in total. The fraction of sp³-hybridized carbons (Fsp3) is 0.478. The number of nitrogens with one attached hydrogen (secondary N) is 1. The molecular weight excluding hydrogens is 352 g/mol. The lowest BCUT2D eigenvalue weighted by Crippen LogP contribution is -3.12. The van der Waals surface area contributed by atoms with Crippen molar-refractivity contribution in [3.8, 4) is 5.75 Å². The highest BCUT2D eigenvalue weighted by Gasteiger charge is 2.19. The van der Waals surface area contributed by atoms with Crippen LogP contribution >= 0.6 is 0 Å². The minimum atomic E-state index is -0.476. The highest BCUT2D eigenvalue weighted by atomic mass is 16.5. The van der Waals surface area contributed by atoms with Crippen LogP contribution in [0.2, 0.25) is 0 Å². The molecule has 1 aromatic carbocycles. The fourth-order valence-corrected chi connectivity index (χ4v) is 3.47. The summed E-state index contributed by atoms with van der Waals surface area (Å²) in [6, 6.07) is 12.4. The molecule has 0 aliphatic carbocycles. The van der Waals surface area contributed by atoms with E-state index in [4.69, 9.17) is 9.47 Å². The predicted molar refractivity (Wildman–Crippen MR) is 113 cm³/mol.